The molecule has 1 nitrogen and oxygen atoms in total. The Balaban J connectivity index is 2.53. The van der Waals surface area contributed by atoms with E-state index < -0.39 is 0 Å². The lowest BCUT2D eigenvalue weighted by Gasteiger charge is -2.16. The zero-order chi connectivity index (χ0) is 11.3. The summed E-state index contributed by atoms with van der Waals surface area (Å²) >= 11 is 3.72. The van der Waals surface area contributed by atoms with Crippen molar-refractivity contribution in [2.75, 3.05) is 6.54 Å². The number of hydrogen-bond acceptors (Lipinski definition) is 3. The second-order valence-corrected chi connectivity index (χ2v) is 7.14. The lowest BCUT2D eigenvalue weighted by Crippen LogP contribution is -2.06. The zero-order valence-electron chi connectivity index (χ0n) is 9.46. The fraction of sp³-hybridized carbons (Fsp3) is 0.500. The van der Waals surface area contributed by atoms with Gasteiger partial charge in [-0.3, -0.25) is 0 Å². The first kappa shape index (κ1) is 12.6. The Bertz CT molecular complexity index is 363. The van der Waals surface area contributed by atoms with Gasteiger partial charge in [0.1, 0.15) is 0 Å². The lowest BCUT2D eigenvalue weighted by atomic mass is 10.3. The molecular weight excluding hydrogens is 222 g/mol. The van der Waals surface area contributed by atoms with Crippen LogP contribution in [-0.2, 0) is 5.75 Å². The molecule has 82 valence electrons. The van der Waals surface area contributed by atoms with Crippen molar-refractivity contribution in [1.29, 1.82) is 0 Å². The molecule has 0 fully saturated rings. The maximum Gasteiger partial charge on any atom is 0.0772 e. The molecule has 0 aromatic carbocycles. The van der Waals surface area contributed by atoms with E-state index >= 15 is 0 Å². The summed E-state index contributed by atoms with van der Waals surface area (Å²) < 4.78 is 0.326. The Kier molecular flexibility index (Phi) is 4.72. The van der Waals surface area contributed by atoms with Crippen LogP contribution in [0, 0.1) is 11.8 Å². The Morgan fingerprint density at radius 2 is 2.13 bits per heavy atom. The monoisotopic (exact) mass is 239 g/mol. The normalized spacial score (nSPS) is 10.9. The Morgan fingerprint density at radius 1 is 1.40 bits per heavy atom. The molecule has 3 heteroatoms. The van der Waals surface area contributed by atoms with Gasteiger partial charge in [-0.25, -0.2) is 0 Å². The van der Waals surface area contributed by atoms with E-state index in [1.807, 2.05) is 11.8 Å². The summed E-state index contributed by atoms with van der Waals surface area (Å²) in [6.45, 7) is 7.14. The van der Waals surface area contributed by atoms with E-state index in [-0.39, 0.29) is 0 Å². The van der Waals surface area contributed by atoms with Gasteiger partial charge in [-0.2, -0.15) is 11.8 Å². The molecule has 1 aromatic heterocycles. The molecule has 1 heterocycles. The molecule has 0 unspecified atom stereocenters. The van der Waals surface area contributed by atoms with Crippen molar-refractivity contribution in [1.82, 2.24) is 0 Å². The molecule has 1 rings (SSSR count). The fourth-order valence-electron chi connectivity index (χ4n) is 0.948. The minimum Gasteiger partial charge on any atom is -0.320 e. The second-order valence-electron chi connectivity index (χ2n) is 4.17. The molecule has 15 heavy (non-hydrogen) atoms. The first-order valence-corrected chi connectivity index (χ1v) is 6.73. The van der Waals surface area contributed by atoms with Crippen LogP contribution in [0.15, 0.2) is 12.1 Å². The lowest BCUT2D eigenvalue weighted by molar-refractivity contribution is 0.802. The molecule has 0 aliphatic rings. The highest BCUT2D eigenvalue weighted by molar-refractivity contribution is 7.99. The summed E-state index contributed by atoms with van der Waals surface area (Å²) in [5, 5.41) is 0. The third-order valence-corrected chi connectivity index (χ3v) is 4.13. The van der Waals surface area contributed by atoms with Crippen LogP contribution in [0.25, 0.3) is 0 Å². The third kappa shape index (κ3) is 5.27. The van der Waals surface area contributed by atoms with E-state index in [0.29, 0.717) is 11.3 Å². The van der Waals surface area contributed by atoms with Gasteiger partial charge in [-0.1, -0.05) is 32.6 Å². The summed E-state index contributed by atoms with van der Waals surface area (Å²) in [6, 6.07) is 4.23. The van der Waals surface area contributed by atoms with Gasteiger partial charge in [0.15, 0.2) is 0 Å². The van der Waals surface area contributed by atoms with Gasteiger partial charge < -0.3 is 5.73 Å². The number of rotatable bonds is 2. The molecule has 2 N–H and O–H groups in total. The zero-order valence-corrected chi connectivity index (χ0v) is 11.1. The van der Waals surface area contributed by atoms with E-state index in [4.69, 9.17) is 5.73 Å². The highest BCUT2D eigenvalue weighted by Crippen LogP contribution is 2.29. The average molecular weight is 239 g/mol. The summed E-state index contributed by atoms with van der Waals surface area (Å²) in [5.41, 5.74) is 5.33. The molecule has 0 spiro atoms. The largest absolute Gasteiger partial charge is 0.320 e. The number of hydrogen-bond donors (Lipinski definition) is 1. The second kappa shape index (κ2) is 5.60. The van der Waals surface area contributed by atoms with Crippen LogP contribution in [0.2, 0.25) is 0 Å². The standard InChI is InChI=1S/C12H17NS2/c1-12(2,3)14-9-11-7-6-10(15-11)5-4-8-13/h6-7H,8-9,13H2,1-3H3. The van der Waals surface area contributed by atoms with E-state index in [9.17, 15) is 0 Å². The Hall–Kier alpha value is -0.430. The number of nitrogens with two attached hydrogens (primary N) is 1. The molecule has 0 aliphatic heterocycles. The molecule has 0 aliphatic carbocycles. The molecule has 0 atom stereocenters. The summed E-state index contributed by atoms with van der Waals surface area (Å²) in [7, 11) is 0. The van der Waals surface area contributed by atoms with Crippen LogP contribution in [0.1, 0.15) is 30.5 Å². The maximum atomic E-state index is 5.33. The minimum atomic E-state index is 0.326. The first-order chi connectivity index (χ1) is 7.01. The number of thiophene rings is 1. The summed E-state index contributed by atoms with van der Waals surface area (Å²) in [4.78, 5) is 2.50. The predicted molar refractivity (Wildman–Crippen MR) is 71.3 cm³/mol. The van der Waals surface area contributed by atoms with Crippen LogP contribution in [0.4, 0.5) is 0 Å². The van der Waals surface area contributed by atoms with E-state index in [0.717, 1.165) is 10.6 Å². The Labute approximate surface area is 100 Å². The van der Waals surface area contributed by atoms with Crippen molar-refractivity contribution in [3.05, 3.63) is 21.9 Å². The molecule has 0 saturated carbocycles. The molecule has 0 amide bonds. The molecule has 1 aromatic rings. The predicted octanol–water partition coefficient (Wildman–Crippen LogP) is 3.09. The Morgan fingerprint density at radius 3 is 2.73 bits per heavy atom. The molecule has 0 saturated heterocycles. The average Bonchev–Trinajstić information content (AvgIpc) is 2.58. The van der Waals surface area contributed by atoms with E-state index in [1.54, 1.807) is 11.3 Å². The van der Waals surface area contributed by atoms with Crippen molar-refractivity contribution in [3.63, 3.8) is 0 Å². The van der Waals surface area contributed by atoms with E-state index in [2.05, 4.69) is 44.7 Å². The van der Waals surface area contributed by atoms with Gasteiger partial charge in [0, 0.05) is 15.4 Å². The van der Waals surface area contributed by atoms with Crippen LogP contribution in [0.3, 0.4) is 0 Å². The molecule has 0 bridgehead atoms. The van der Waals surface area contributed by atoms with Gasteiger partial charge in [0.05, 0.1) is 11.4 Å². The highest BCUT2D eigenvalue weighted by Gasteiger charge is 2.11. The van der Waals surface area contributed by atoms with Crippen LogP contribution in [0.5, 0.6) is 0 Å². The van der Waals surface area contributed by atoms with Crippen LogP contribution in [-0.4, -0.2) is 11.3 Å². The van der Waals surface area contributed by atoms with E-state index in [1.165, 1.54) is 4.88 Å². The van der Waals surface area contributed by atoms with Crippen LogP contribution < -0.4 is 5.73 Å². The van der Waals surface area contributed by atoms with Crippen molar-refractivity contribution in [2.45, 2.75) is 31.3 Å². The van der Waals surface area contributed by atoms with Crippen molar-refractivity contribution >= 4 is 23.1 Å². The SMILES string of the molecule is CC(C)(C)SCc1ccc(C#CCN)s1. The number of thioether (sulfide) groups is 1. The fourth-order valence-corrected chi connectivity index (χ4v) is 2.71. The first-order valence-electron chi connectivity index (χ1n) is 4.93. The van der Waals surface area contributed by atoms with Gasteiger partial charge in [-0.05, 0) is 12.1 Å². The van der Waals surface area contributed by atoms with Crippen molar-refractivity contribution < 1.29 is 0 Å². The third-order valence-electron chi connectivity index (χ3n) is 1.62. The van der Waals surface area contributed by atoms with Gasteiger partial charge in [0.2, 0.25) is 0 Å². The van der Waals surface area contributed by atoms with Gasteiger partial charge in [0.25, 0.3) is 0 Å². The van der Waals surface area contributed by atoms with Crippen molar-refractivity contribution in [2.24, 2.45) is 5.73 Å². The maximum absolute atomic E-state index is 5.33. The van der Waals surface area contributed by atoms with Crippen LogP contribution >= 0.6 is 23.1 Å². The summed E-state index contributed by atoms with van der Waals surface area (Å²) in [6.07, 6.45) is 0. The quantitative estimate of drug-likeness (QED) is 0.803. The topological polar surface area (TPSA) is 26.0 Å². The van der Waals surface area contributed by atoms with Gasteiger partial charge >= 0.3 is 0 Å². The molecule has 0 radical (unpaired) electrons. The minimum absolute atomic E-state index is 0.326. The highest BCUT2D eigenvalue weighted by atomic mass is 32.2. The van der Waals surface area contributed by atoms with Gasteiger partial charge in [-0.15, -0.1) is 11.3 Å². The molecular formula is C12H17NS2. The smallest absolute Gasteiger partial charge is 0.0772 e. The summed E-state index contributed by atoms with van der Waals surface area (Å²) in [5.74, 6) is 7.00. The van der Waals surface area contributed by atoms with Crippen molar-refractivity contribution in [3.8, 4) is 11.8 Å².